The van der Waals surface area contributed by atoms with E-state index in [1.165, 1.54) is 29.3 Å². The number of nitrogens with zero attached hydrogens (tertiary/aromatic N) is 3. The predicted octanol–water partition coefficient (Wildman–Crippen LogP) is 4.58. The molecule has 1 aromatic heterocycles. The van der Waals surface area contributed by atoms with Crippen molar-refractivity contribution < 1.29 is 23.5 Å². The van der Waals surface area contributed by atoms with Crippen molar-refractivity contribution in [2.24, 2.45) is 0 Å². The number of carbonyl (C=O) groups is 2. The summed E-state index contributed by atoms with van der Waals surface area (Å²) in [6.45, 7) is 1.14. The highest BCUT2D eigenvalue weighted by molar-refractivity contribution is 6.33. The van der Waals surface area contributed by atoms with Gasteiger partial charge in [0, 0.05) is 23.2 Å². The van der Waals surface area contributed by atoms with E-state index < -0.39 is 36.9 Å². The summed E-state index contributed by atoms with van der Waals surface area (Å²) in [6.07, 6.45) is -1.28. The van der Waals surface area contributed by atoms with Crippen molar-refractivity contribution in [1.82, 2.24) is 20.2 Å². The standard InChI is InChI=1S/C24H20Cl2F2N4O3/c1-12(13-3-2-4-15(7-13)21(27)28)30-22(34)19(11-33)32-10-16-6-5-14(8-17(16)23(32)35)20-18(25)9-29-24(26)31-20/h2-9,12,19,21,33H,10-11H2,1H3,(H,30,34)/t12-,19-/m1/s1. The van der Waals surface area contributed by atoms with Crippen LogP contribution in [-0.2, 0) is 11.3 Å². The van der Waals surface area contributed by atoms with Gasteiger partial charge >= 0.3 is 0 Å². The van der Waals surface area contributed by atoms with Crippen LogP contribution in [0.5, 0.6) is 0 Å². The molecule has 2 aromatic carbocycles. The first-order chi connectivity index (χ1) is 16.7. The average Bonchev–Trinajstić information content (AvgIpc) is 3.16. The Balaban J connectivity index is 1.53. The van der Waals surface area contributed by atoms with E-state index in [9.17, 15) is 23.5 Å². The van der Waals surface area contributed by atoms with Gasteiger partial charge in [0.1, 0.15) is 6.04 Å². The number of hydrogen-bond donors (Lipinski definition) is 2. The topological polar surface area (TPSA) is 95.4 Å². The molecule has 4 rings (SSSR count). The number of aliphatic hydroxyl groups excluding tert-OH is 1. The van der Waals surface area contributed by atoms with Crippen molar-refractivity contribution in [3.05, 3.63) is 81.2 Å². The summed E-state index contributed by atoms with van der Waals surface area (Å²) in [5.74, 6) is -1.05. The summed E-state index contributed by atoms with van der Waals surface area (Å²) >= 11 is 12.1. The number of carbonyl (C=O) groups excluding carboxylic acids is 2. The number of aliphatic hydroxyl groups is 1. The fourth-order valence-electron chi connectivity index (χ4n) is 3.95. The number of hydrogen-bond acceptors (Lipinski definition) is 5. The molecule has 1 aliphatic rings. The molecule has 2 heterocycles. The Morgan fingerprint density at radius 2 is 1.94 bits per heavy atom. The highest BCUT2D eigenvalue weighted by atomic mass is 35.5. The van der Waals surface area contributed by atoms with E-state index in [0.29, 0.717) is 27.9 Å². The van der Waals surface area contributed by atoms with Crippen LogP contribution in [0.1, 0.15) is 46.4 Å². The molecule has 7 nitrogen and oxygen atoms in total. The minimum Gasteiger partial charge on any atom is -0.394 e. The van der Waals surface area contributed by atoms with Crippen molar-refractivity contribution in [3.63, 3.8) is 0 Å². The van der Waals surface area contributed by atoms with Gasteiger partial charge in [-0.25, -0.2) is 18.7 Å². The molecule has 0 saturated carbocycles. The van der Waals surface area contributed by atoms with Gasteiger partial charge in [-0.05, 0) is 41.8 Å². The SMILES string of the molecule is C[C@@H](NC(=O)[C@@H](CO)N1Cc2ccc(-c3nc(Cl)ncc3Cl)cc2C1=O)c1cccc(C(F)F)c1. The summed E-state index contributed by atoms with van der Waals surface area (Å²) in [5.41, 5.74) is 2.24. The zero-order chi connectivity index (χ0) is 25.3. The molecule has 0 spiro atoms. The summed E-state index contributed by atoms with van der Waals surface area (Å²) in [6, 6.07) is 8.98. The average molecular weight is 521 g/mol. The summed E-state index contributed by atoms with van der Waals surface area (Å²) in [7, 11) is 0. The fraction of sp³-hybridized carbons (Fsp3) is 0.250. The number of nitrogens with one attached hydrogen (secondary N) is 1. The van der Waals surface area contributed by atoms with Crippen LogP contribution in [-0.4, -0.2) is 44.4 Å². The van der Waals surface area contributed by atoms with Crippen molar-refractivity contribution in [1.29, 1.82) is 0 Å². The quantitative estimate of drug-likeness (QED) is 0.444. The van der Waals surface area contributed by atoms with E-state index in [1.807, 2.05) is 0 Å². The van der Waals surface area contributed by atoms with Crippen molar-refractivity contribution in [3.8, 4) is 11.3 Å². The number of aromatic nitrogens is 2. The monoisotopic (exact) mass is 520 g/mol. The molecular formula is C24H20Cl2F2N4O3. The molecule has 0 bridgehead atoms. The third-order valence-electron chi connectivity index (χ3n) is 5.80. The van der Waals surface area contributed by atoms with Crippen LogP contribution < -0.4 is 5.32 Å². The lowest BCUT2D eigenvalue weighted by atomic mass is 10.0. The van der Waals surface area contributed by atoms with Gasteiger partial charge in [0.15, 0.2) is 0 Å². The molecule has 2 amide bonds. The second kappa shape index (κ2) is 10.2. The normalized spacial score (nSPS) is 14.7. The van der Waals surface area contributed by atoms with Gasteiger partial charge < -0.3 is 15.3 Å². The van der Waals surface area contributed by atoms with Gasteiger partial charge in [-0.1, -0.05) is 41.9 Å². The number of amides is 2. The zero-order valence-electron chi connectivity index (χ0n) is 18.4. The number of halogens is 4. The Kier molecular flexibility index (Phi) is 7.30. The zero-order valence-corrected chi connectivity index (χ0v) is 19.9. The Hall–Kier alpha value is -3.14. The minimum atomic E-state index is -2.64. The largest absolute Gasteiger partial charge is 0.394 e. The highest BCUT2D eigenvalue weighted by Crippen LogP contribution is 2.32. The molecule has 0 radical (unpaired) electrons. The maximum atomic E-state index is 13.2. The minimum absolute atomic E-state index is 0.00285. The molecule has 182 valence electrons. The third-order valence-corrected chi connectivity index (χ3v) is 6.26. The summed E-state index contributed by atoms with van der Waals surface area (Å²) < 4.78 is 26.1. The van der Waals surface area contributed by atoms with Gasteiger partial charge in [0.05, 0.1) is 29.6 Å². The van der Waals surface area contributed by atoms with Crippen LogP contribution in [0.4, 0.5) is 8.78 Å². The molecule has 0 saturated heterocycles. The molecule has 0 fully saturated rings. The van der Waals surface area contributed by atoms with E-state index in [0.717, 1.165) is 0 Å². The molecule has 2 N–H and O–H groups in total. The van der Waals surface area contributed by atoms with Crippen molar-refractivity contribution in [2.45, 2.75) is 32.0 Å². The number of fused-ring (bicyclic) bond motifs is 1. The first-order valence-electron chi connectivity index (χ1n) is 10.6. The van der Waals surface area contributed by atoms with E-state index in [4.69, 9.17) is 23.2 Å². The van der Waals surface area contributed by atoms with Crippen LogP contribution in [0.15, 0.2) is 48.7 Å². The fourth-order valence-corrected chi connectivity index (χ4v) is 4.28. The Bertz CT molecular complexity index is 1290. The van der Waals surface area contributed by atoms with Gasteiger partial charge in [0.25, 0.3) is 12.3 Å². The molecule has 0 aliphatic carbocycles. The smallest absolute Gasteiger partial charge is 0.263 e. The molecule has 2 atom stereocenters. The Morgan fingerprint density at radius 3 is 2.66 bits per heavy atom. The molecule has 0 unspecified atom stereocenters. The predicted molar refractivity (Wildman–Crippen MR) is 126 cm³/mol. The maximum absolute atomic E-state index is 13.2. The van der Waals surface area contributed by atoms with Gasteiger partial charge in [-0.3, -0.25) is 9.59 Å². The molecule has 3 aromatic rings. The number of rotatable bonds is 7. The van der Waals surface area contributed by atoms with Crippen molar-refractivity contribution in [2.75, 3.05) is 6.61 Å². The first kappa shape index (κ1) is 25.0. The second-order valence-electron chi connectivity index (χ2n) is 8.04. The molecular weight excluding hydrogens is 501 g/mol. The summed E-state index contributed by atoms with van der Waals surface area (Å²) in [4.78, 5) is 35.3. The van der Waals surface area contributed by atoms with Gasteiger partial charge in [-0.15, -0.1) is 0 Å². The molecule has 11 heteroatoms. The van der Waals surface area contributed by atoms with E-state index in [-0.39, 0.29) is 22.4 Å². The van der Waals surface area contributed by atoms with Gasteiger partial charge in [0.2, 0.25) is 11.2 Å². The second-order valence-corrected chi connectivity index (χ2v) is 8.79. The van der Waals surface area contributed by atoms with Crippen LogP contribution >= 0.6 is 23.2 Å². The van der Waals surface area contributed by atoms with Crippen molar-refractivity contribution >= 4 is 35.0 Å². The highest BCUT2D eigenvalue weighted by Gasteiger charge is 2.37. The van der Waals surface area contributed by atoms with E-state index >= 15 is 0 Å². The van der Waals surface area contributed by atoms with Gasteiger partial charge in [-0.2, -0.15) is 0 Å². The first-order valence-corrected chi connectivity index (χ1v) is 11.4. The number of benzene rings is 2. The lowest BCUT2D eigenvalue weighted by Crippen LogP contribution is -2.49. The van der Waals surface area contributed by atoms with Crippen LogP contribution in [0.25, 0.3) is 11.3 Å². The van der Waals surface area contributed by atoms with Crippen LogP contribution in [0.3, 0.4) is 0 Å². The van der Waals surface area contributed by atoms with Crippen LogP contribution in [0.2, 0.25) is 10.3 Å². The van der Waals surface area contributed by atoms with E-state index in [2.05, 4.69) is 15.3 Å². The third kappa shape index (κ3) is 5.12. The molecule has 1 aliphatic heterocycles. The molecule has 35 heavy (non-hydrogen) atoms. The van der Waals surface area contributed by atoms with Crippen LogP contribution in [0, 0.1) is 0 Å². The number of alkyl halides is 2. The lowest BCUT2D eigenvalue weighted by Gasteiger charge is -2.27. The Labute approximate surface area is 209 Å². The Morgan fingerprint density at radius 1 is 1.20 bits per heavy atom. The maximum Gasteiger partial charge on any atom is 0.263 e. The summed E-state index contributed by atoms with van der Waals surface area (Å²) in [5, 5.41) is 12.9. The van der Waals surface area contributed by atoms with E-state index in [1.54, 1.807) is 31.2 Å². The lowest BCUT2D eigenvalue weighted by molar-refractivity contribution is -0.127.